The molecule has 0 aliphatic carbocycles. The summed E-state index contributed by atoms with van der Waals surface area (Å²) in [5, 5.41) is 13.3. The first-order valence-corrected chi connectivity index (χ1v) is 13.5. The van der Waals surface area contributed by atoms with Gasteiger partial charge in [0, 0.05) is 12.1 Å². The van der Waals surface area contributed by atoms with Gasteiger partial charge in [-0.1, -0.05) is 42.1 Å². The zero-order chi connectivity index (χ0) is 28.3. The van der Waals surface area contributed by atoms with Gasteiger partial charge in [0.25, 0.3) is 5.91 Å². The fourth-order valence-corrected chi connectivity index (χ4v) is 4.63. The maximum Gasteiger partial charge on any atom is 0.250 e. The van der Waals surface area contributed by atoms with Crippen molar-refractivity contribution in [3.63, 3.8) is 0 Å². The van der Waals surface area contributed by atoms with Crippen LogP contribution in [0, 0.1) is 0 Å². The number of carbonyl (C=O) groups is 1. The first kappa shape index (κ1) is 28.5. The second-order valence-corrected chi connectivity index (χ2v) is 9.33. The Morgan fingerprint density at radius 2 is 1.65 bits per heavy atom. The standard InChI is InChI=1S/C29H31N5O5S/c1-5-34-28(22-12-14-23(36-2)25(16-22)38-4)32-33-29(34)40-19-27(35)31-30-17-21-11-13-24(37-3)26(15-21)39-18-20-9-7-6-8-10-20/h6-17H,5,18-19H2,1-4H3,(H,31,35). The van der Waals surface area contributed by atoms with Crippen LogP contribution in [0.2, 0.25) is 0 Å². The number of hydrazone groups is 1. The van der Waals surface area contributed by atoms with Gasteiger partial charge in [0.1, 0.15) is 6.61 Å². The molecule has 3 aromatic carbocycles. The average molecular weight is 562 g/mol. The highest BCUT2D eigenvalue weighted by Crippen LogP contribution is 2.33. The van der Waals surface area contributed by atoms with E-state index in [0.717, 1.165) is 16.7 Å². The summed E-state index contributed by atoms with van der Waals surface area (Å²) in [4.78, 5) is 12.5. The number of amides is 1. The Kier molecular flexibility index (Phi) is 10.0. The van der Waals surface area contributed by atoms with E-state index in [1.807, 2.05) is 72.2 Å². The quantitative estimate of drug-likeness (QED) is 0.141. The number of ether oxygens (including phenoxy) is 4. The number of nitrogens with zero attached hydrogens (tertiary/aromatic N) is 4. The van der Waals surface area contributed by atoms with Gasteiger partial charge in [0.2, 0.25) is 0 Å². The third kappa shape index (κ3) is 7.11. The maximum atomic E-state index is 12.5. The van der Waals surface area contributed by atoms with Crippen LogP contribution in [0.5, 0.6) is 23.0 Å². The zero-order valence-corrected chi connectivity index (χ0v) is 23.6. The van der Waals surface area contributed by atoms with Crippen LogP contribution in [0.25, 0.3) is 11.4 Å². The SMILES string of the molecule is CCn1c(SCC(=O)NN=Cc2ccc(OC)c(OCc3ccccc3)c2)nnc1-c1ccc(OC)c(OC)c1. The van der Waals surface area contributed by atoms with Crippen molar-refractivity contribution in [2.75, 3.05) is 27.1 Å². The molecule has 0 saturated heterocycles. The van der Waals surface area contributed by atoms with Gasteiger partial charge in [0.15, 0.2) is 34.0 Å². The molecule has 4 aromatic rings. The minimum Gasteiger partial charge on any atom is -0.493 e. The number of rotatable bonds is 13. The summed E-state index contributed by atoms with van der Waals surface area (Å²) in [7, 11) is 4.76. The smallest absolute Gasteiger partial charge is 0.250 e. The van der Waals surface area contributed by atoms with E-state index in [0.29, 0.717) is 47.1 Å². The number of thioether (sulfide) groups is 1. The Labute approximate surface area is 237 Å². The molecule has 1 N–H and O–H groups in total. The fourth-order valence-electron chi connectivity index (χ4n) is 3.83. The molecule has 10 nitrogen and oxygen atoms in total. The lowest BCUT2D eigenvalue weighted by Crippen LogP contribution is -2.20. The van der Waals surface area contributed by atoms with Crippen molar-refractivity contribution in [3.05, 3.63) is 77.9 Å². The molecule has 0 aliphatic heterocycles. The van der Waals surface area contributed by atoms with Crippen molar-refractivity contribution >= 4 is 23.9 Å². The summed E-state index contributed by atoms with van der Waals surface area (Å²) in [6.07, 6.45) is 1.56. The van der Waals surface area contributed by atoms with Crippen LogP contribution >= 0.6 is 11.8 Å². The predicted octanol–water partition coefficient (Wildman–Crippen LogP) is 4.81. The molecule has 0 saturated carbocycles. The second kappa shape index (κ2) is 14.0. The van der Waals surface area contributed by atoms with E-state index < -0.39 is 0 Å². The molecule has 4 rings (SSSR count). The summed E-state index contributed by atoms with van der Waals surface area (Å²) in [5.41, 5.74) is 5.19. The van der Waals surface area contributed by atoms with E-state index in [1.165, 1.54) is 11.8 Å². The van der Waals surface area contributed by atoms with Gasteiger partial charge in [-0.25, -0.2) is 5.43 Å². The van der Waals surface area contributed by atoms with E-state index in [9.17, 15) is 4.79 Å². The monoisotopic (exact) mass is 561 g/mol. The van der Waals surface area contributed by atoms with Gasteiger partial charge >= 0.3 is 0 Å². The number of hydrogen-bond acceptors (Lipinski definition) is 9. The maximum absolute atomic E-state index is 12.5. The van der Waals surface area contributed by atoms with E-state index in [2.05, 4.69) is 20.7 Å². The van der Waals surface area contributed by atoms with Gasteiger partial charge in [-0.3, -0.25) is 4.79 Å². The molecule has 1 heterocycles. The van der Waals surface area contributed by atoms with Crippen LogP contribution in [-0.4, -0.2) is 54.0 Å². The summed E-state index contributed by atoms with van der Waals surface area (Å²) >= 11 is 1.28. The van der Waals surface area contributed by atoms with Gasteiger partial charge < -0.3 is 23.5 Å². The molecule has 1 aromatic heterocycles. The largest absolute Gasteiger partial charge is 0.493 e. The highest BCUT2D eigenvalue weighted by atomic mass is 32.2. The molecule has 0 atom stereocenters. The zero-order valence-electron chi connectivity index (χ0n) is 22.8. The van der Waals surface area contributed by atoms with Crippen molar-refractivity contribution in [1.29, 1.82) is 0 Å². The van der Waals surface area contributed by atoms with Crippen molar-refractivity contribution in [3.8, 4) is 34.4 Å². The van der Waals surface area contributed by atoms with Crippen LogP contribution < -0.4 is 24.4 Å². The molecule has 0 spiro atoms. The number of carbonyl (C=O) groups excluding carboxylic acids is 1. The molecule has 208 valence electrons. The highest BCUT2D eigenvalue weighted by molar-refractivity contribution is 7.99. The average Bonchev–Trinajstić information content (AvgIpc) is 3.42. The van der Waals surface area contributed by atoms with Crippen LogP contribution in [0.3, 0.4) is 0 Å². The molecule has 0 unspecified atom stereocenters. The van der Waals surface area contributed by atoms with Gasteiger partial charge in [-0.15, -0.1) is 10.2 Å². The Bertz CT molecular complexity index is 1460. The Morgan fingerprint density at radius 1 is 0.925 bits per heavy atom. The molecule has 0 radical (unpaired) electrons. The molecule has 1 amide bonds. The van der Waals surface area contributed by atoms with Crippen LogP contribution in [0.4, 0.5) is 0 Å². The first-order valence-electron chi connectivity index (χ1n) is 12.5. The summed E-state index contributed by atoms with van der Waals surface area (Å²) in [6, 6.07) is 20.9. The molecule has 11 heteroatoms. The summed E-state index contributed by atoms with van der Waals surface area (Å²) in [5.74, 6) is 2.95. The lowest BCUT2D eigenvalue weighted by Gasteiger charge is -2.11. The van der Waals surface area contributed by atoms with Gasteiger partial charge in [-0.2, -0.15) is 5.10 Å². The Hall–Kier alpha value is -4.51. The van der Waals surface area contributed by atoms with Gasteiger partial charge in [-0.05, 0) is 54.4 Å². The summed E-state index contributed by atoms with van der Waals surface area (Å²) < 4.78 is 24.0. The molecule has 40 heavy (non-hydrogen) atoms. The molecule has 0 fully saturated rings. The number of nitrogens with one attached hydrogen (secondary N) is 1. The van der Waals surface area contributed by atoms with E-state index >= 15 is 0 Å². The molecular weight excluding hydrogens is 530 g/mol. The van der Waals surface area contributed by atoms with E-state index in [-0.39, 0.29) is 11.7 Å². The van der Waals surface area contributed by atoms with Crippen molar-refractivity contribution in [2.24, 2.45) is 5.10 Å². The van der Waals surface area contributed by atoms with Crippen LogP contribution in [-0.2, 0) is 17.9 Å². The van der Waals surface area contributed by atoms with Crippen LogP contribution in [0.15, 0.2) is 77.0 Å². The Morgan fingerprint density at radius 3 is 2.38 bits per heavy atom. The van der Waals surface area contributed by atoms with Crippen molar-refractivity contribution < 1.29 is 23.7 Å². The molecule has 0 bridgehead atoms. The first-order chi connectivity index (χ1) is 19.6. The molecule has 0 aliphatic rings. The fraction of sp³-hybridized carbons (Fsp3) is 0.241. The number of hydrogen-bond donors (Lipinski definition) is 1. The Balaban J connectivity index is 1.35. The minimum absolute atomic E-state index is 0.120. The highest BCUT2D eigenvalue weighted by Gasteiger charge is 2.16. The number of benzene rings is 3. The van der Waals surface area contributed by atoms with Crippen LogP contribution in [0.1, 0.15) is 18.1 Å². The summed E-state index contributed by atoms with van der Waals surface area (Å²) in [6.45, 7) is 3.03. The second-order valence-electron chi connectivity index (χ2n) is 8.39. The topological polar surface area (TPSA) is 109 Å². The van der Waals surface area contributed by atoms with Gasteiger partial charge in [0.05, 0.1) is 33.3 Å². The lowest BCUT2D eigenvalue weighted by atomic mass is 10.2. The van der Waals surface area contributed by atoms with Crippen molar-refractivity contribution in [2.45, 2.75) is 25.2 Å². The predicted molar refractivity (Wildman–Crippen MR) is 154 cm³/mol. The lowest BCUT2D eigenvalue weighted by molar-refractivity contribution is -0.118. The van der Waals surface area contributed by atoms with E-state index in [4.69, 9.17) is 18.9 Å². The molecular formula is C29H31N5O5S. The normalized spacial score (nSPS) is 10.9. The van der Waals surface area contributed by atoms with E-state index in [1.54, 1.807) is 33.6 Å². The third-order valence-corrected chi connectivity index (χ3v) is 6.80. The number of methoxy groups -OCH3 is 3. The van der Waals surface area contributed by atoms with Crippen molar-refractivity contribution in [1.82, 2.24) is 20.2 Å². The number of aromatic nitrogens is 3. The third-order valence-electron chi connectivity index (χ3n) is 5.83. The minimum atomic E-state index is -0.270.